The number of hydrogen-bond acceptors (Lipinski definition) is 3. The Balaban J connectivity index is 1.62. The molecule has 5 nitrogen and oxygen atoms in total. The summed E-state index contributed by atoms with van der Waals surface area (Å²) in [4.78, 5) is 27.4. The Bertz CT molecular complexity index is 943. The second kappa shape index (κ2) is 10.3. The van der Waals surface area contributed by atoms with E-state index in [0.717, 1.165) is 55.7 Å². The lowest BCUT2D eigenvalue weighted by Crippen LogP contribution is -2.46. The van der Waals surface area contributed by atoms with Gasteiger partial charge in [0.1, 0.15) is 5.82 Å². The number of piperidine rings is 1. The van der Waals surface area contributed by atoms with Gasteiger partial charge in [0.2, 0.25) is 5.91 Å². The van der Waals surface area contributed by atoms with E-state index >= 15 is 0 Å². The molecule has 1 heterocycles. The van der Waals surface area contributed by atoms with Gasteiger partial charge in [-0.25, -0.2) is 4.39 Å². The molecule has 0 atom stereocenters. The van der Waals surface area contributed by atoms with Crippen molar-refractivity contribution >= 4 is 17.5 Å². The highest BCUT2D eigenvalue weighted by atomic mass is 19.1. The first-order valence-electron chi connectivity index (χ1n) is 11.4. The van der Waals surface area contributed by atoms with E-state index in [9.17, 15) is 14.0 Å². The molecule has 0 spiro atoms. The molecule has 0 radical (unpaired) electrons. The molecule has 1 saturated heterocycles. The van der Waals surface area contributed by atoms with E-state index in [4.69, 9.17) is 0 Å². The molecule has 1 aliphatic heterocycles. The summed E-state index contributed by atoms with van der Waals surface area (Å²) in [5.74, 6) is -0.403. The summed E-state index contributed by atoms with van der Waals surface area (Å²) in [5.41, 5.74) is 3.25. The van der Waals surface area contributed by atoms with Crippen molar-refractivity contribution < 1.29 is 14.0 Å². The van der Waals surface area contributed by atoms with Crippen molar-refractivity contribution in [2.45, 2.75) is 59.0 Å². The molecule has 2 amide bonds. The highest BCUT2D eigenvalue weighted by Crippen LogP contribution is 2.23. The SMILES string of the molecule is CCc1cc(CN2CCC(C(=O)NC(C)(C)C)CC2)cc(NC(=O)c2ccc(F)cc2)c1. The van der Waals surface area contributed by atoms with Gasteiger partial charge in [-0.3, -0.25) is 14.5 Å². The van der Waals surface area contributed by atoms with Gasteiger partial charge in [-0.15, -0.1) is 0 Å². The molecule has 1 fully saturated rings. The fraction of sp³-hybridized carbons (Fsp3) is 0.462. The third-order valence-corrected chi connectivity index (χ3v) is 5.69. The Hall–Kier alpha value is -2.73. The number of hydrogen-bond donors (Lipinski definition) is 2. The molecule has 0 aromatic heterocycles. The maximum absolute atomic E-state index is 13.1. The van der Waals surface area contributed by atoms with Gasteiger partial charge in [0.15, 0.2) is 0 Å². The van der Waals surface area contributed by atoms with Crippen molar-refractivity contribution in [1.29, 1.82) is 0 Å². The summed E-state index contributed by atoms with van der Waals surface area (Å²) < 4.78 is 13.1. The minimum atomic E-state index is -0.364. The van der Waals surface area contributed by atoms with Crippen LogP contribution >= 0.6 is 0 Å². The van der Waals surface area contributed by atoms with Crippen molar-refractivity contribution in [3.05, 3.63) is 65.0 Å². The number of nitrogens with zero attached hydrogens (tertiary/aromatic N) is 1. The van der Waals surface area contributed by atoms with Crippen LogP contribution in [0.3, 0.4) is 0 Å². The van der Waals surface area contributed by atoms with Crippen LogP contribution in [0.4, 0.5) is 10.1 Å². The number of likely N-dealkylation sites (tertiary alicyclic amines) is 1. The lowest BCUT2D eigenvalue weighted by Gasteiger charge is -2.33. The molecule has 0 saturated carbocycles. The molecule has 2 N–H and O–H groups in total. The smallest absolute Gasteiger partial charge is 0.255 e. The van der Waals surface area contributed by atoms with Crippen LogP contribution in [0.25, 0.3) is 0 Å². The first kappa shape index (κ1) is 23.9. The topological polar surface area (TPSA) is 61.4 Å². The quantitative estimate of drug-likeness (QED) is 0.682. The highest BCUT2D eigenvalue weighted by molar-refractivity contribution is 6.04. The molecule has 2 aromatic rings. The summed E-state index contributed by atoms with van der Waals surface area (Å²) in [5, 5.41) is 6.03. The molecule has 32 heavy (non-hydrogen) atoms. The number of carbonyl (C=O) groups is 2. The summed E-state index contributed by atoms with van der Waals surface area (Å²) in [6.07, 6.45) is 2.56. The fourth-order valence-corrected chi connectivity index (χ4v) is 4.02. The minimum absolute atomic E-state index is 0.0676. The predicted molar refractivity (Wildman–Crippen MR) is 126 cm³/mol. The summed E-state index contributed by atoms with van der Waals surface area (Å²) in [6.45, 7) is 10.6. The molecule has 6 heteroatoms. The molecule has 0 unspecified atom stereocenters. The first-order valence-corrected chi connectivity index (χ1v) is 11.4. The van der Waals surface area contributed by atoms with Gasteiger partial charge in [0, 0.05) is 29.3 Å². The van der Waals surface area contributed by atoms with Crippen LogP contribution in [0.15, 0.2) is 42.5 Å². The number of aryl methyl sites for hydroxylation is 1. The number of amides is 2. The largest absolute Gasteiger partial charge is 0.351 e. The van der Waals surface area contributed by atoms with E-state index in [-0.39, 0.29) is 29.1 Å². The maximum atomic E-state index is 13.1. The number of carbonyl (C=O) groups excluding carboxylic acids is 2. The molecule has 172 valence electrons. The highest BCUT2D eigenvalue weighted by Gasteiger charge is 2.27. The van der Waals surface area contributed by atoms with Crippen LogP contribution in [0.5, 0.6) is 0 Å². The van der Waals surface area contributed by atoms with Gasteiger partial charge in [0.05, 0.1) is 0 Å². The monoisotopic (exact) mass is 439 g/mol. The van der Waals surface area contributed by atoms with Crippen LogP contribution < -0.4 is 10.6 Å². The molecule has 0 aliphatic carbocycles. The van der Waals surface area contributed by atoms with E-state index in [0.29, 0.717) is 5.56 Å². The van der Waals surface area contributed by atoms with Crippen molar-refractivity contribution in [1.82, 2.24) is 10.2 Å². The average Bonchev–Trinajstić information content (AvgIpc) is 2.73. The molecule has 2 aromatic carbocycles. The van der Waals surface area contributed by atoms with E-state index in [1.165, 1.54) is 24.3 Å². The van der Waals surface area contributed by atoms with Crippen LogP contribution in [0.1, 0.15) is 62.0 Å². The second-order valence-corrected chi connectivity index (χ2v) is 9.64. The zero-order valence-electron chi connectivity index (χ0n) is 19.5. The predicted octanol–water partition coefficient (Wildman–Crippen LogP) is 4.77. The Labute approximate surface area is 190 Å². The van der Waals surface area contributed by atoms with Crippen LogP contribution in [0.2, 0.25) is 0 Å². The normalized spacial score (nSPS) is 15.4. The van der Waals surface area contributed by atoms with Gasteiger partial charge >= 0.3 is 0 Å². The first-order chi connectivity index (χ1) is 15.1. The van der Waals surface area contributed by atoms with E-state index in [1.54, 1.807) is 0 Å². The molecule has 0 bridgehead atoms. The maximum Gasteiger partial charge on any atom is 0.255 e. The lowest BCUT2D eigenvalue weighted by atomic mass is 9.94. The van der Waals surface area contributed by atoms with Crippen LogP contribution in [-0.4, -0.2) is 35.3 Å². The van der Waals surface area contributed by atoms with Gasteiger partial charge in [-0.05, 0) is 101 Å². The average molecular weight is 440 g/mol. The van der Waals surface area contributed by atoms with Gasteiger partial charge in [-0.1, -0.05) is 13.0 Å². The van der Waals surface area contributed by atoms with E-state index in [1.807, 2.05) is 32.9 Å². The van der Waals surface area contributed by atoms with E-state index < -0.39 is 0 Å². The zero-order chi connectivity index (χ0) is 23.3. The molecule has 1 aliphatic rings. The summed E-state index contributed by atoms with van der Waals surface area (Å²) >= 11 is 0. The summed E-state index contributed by atoms with van der Waals surface area (Å²) in [6, 6.07) is 11.7. The van der Waals surface area contributed by atoms with Crippen molar-refractivity contribution in [3.8, 4) is 0 Å². The standard InChI is InChI=1S/C26H34FN3O2/c1-5-18-14-19(16-23(15-18)28-24(31)20-6-8-22(27)9-7-20)17-30-12-10-21(11-13-30)25(32)29-26(2,3)4/h6-9,14-16,21H,5,10-13,17H2,1-4H3,(H,28,31)(H,29,32). The number of benzene rings is 2. The summed E-state index contributed by atoms with van der Waals surface area (Å²) in [7, 11) is 0. The number of halogens is 1. The zero-order valence-corrected chi connectivity index (χ0v) is 19.5. The Morgan fingerprint density at radius 2 is 1.66 bits per heavy atom. The minimum Gasteiger partial charge on any atom is -0.351 e. The third-order valence-electron chi connectivity index (χ3n) is 5.69. The Morgan fingerprint density at radius 1 is 1.03 bits per heavy atom. The van der Waals surface area contributed by atoms with Gasteiger partial charge < -0.3 is 10.6 Å². The molecular formula is C26H34FN3O2. The number of anilines is 1. The van der Waals surface area contributed by atoms with Crippen molar-refractivity contribution in [3.63, 3.8) is 0 Å². The fourth-order valence-electron chi connectivity index (χ4n) is 4.02. The van der Waals surface area contributed by atoms with Crippen LogP contribution in [-0.2, 0) is 17.8 Å². The van der Waals surface area contributed by atoms with Crippen LogP contribution in [0, 0.1) is 11.7 Å². The number of rotatable bonds is 6. The third kappa shape index (κ3) is 6.89. The van der Waals surface area contributed by atoms with Gasteiger partial charge in [-0.2, -0.15) is 0 Å². The Morgan fingerprint density at radius 3 is 2.25 bits per heavy atom. The lowest BCUT2D eigenvalue weighted by molar-refractivity contribution is -0.127. The Kier molecular flexibility index (Phi) is 7.67. The van der Waals surface area contributed by atoms with Crippen molar-refractivity contribution in [2.75, 3.05) is 18.4 Å². The second-order valence-electron chi connectivity index (χ2n) is 9.64. The van der Waals surface area contributed by atoms with Gasteiger partial charge in [0.25, 0.3) is 5.91 Å². The molecule has 3 rings (SSSR count). The number of nitrogens with one attached hydrogen (secondary N) is 2. The van der Waals surface area contributed by atoms with Crippen molar-refractivity contribution in [2.24, 2.45) is 5.92 Å². The molecular weight excluding hydrogens is 405 g/mol. The van der Waals surface area contributed by atoms with E-state index in [2.05, 4.69) is 28.5 Å².